The zero-order valence-corrected chi connectivity index (χ0v) is 13.4. The minimum atomic E-state index is 0.0190. The molecule has 2 atom stereocenters. The molecular formula is C18H17N5O. The van der Waals surface area contributed by atoms with Crippen molar-refractivity contribution in [2.75, 3.05) is 0 Å². The van der Waals surface area contributed by atoms with Gasteiger partial charge in [-0.25, -0.2) is 9.50 Å². The first-order valence-electron chi connectivity index (χ1n) is 8.30. The first-order chi connectivity index (χ1) is 11.7. The van der Waals surface area contributed by atoms with Crippen LogP contribution in [0.2, 0.25) is 0 Å². The lowest BCUT2D eigenvalue weighted by Gasteiger charge is -2.35. The fourth-order valence-electron chi connectivity index (χ4n) is 4.13. The molecule has 5 rings (SSSR count). The third kappa shape index (κ3) is 1.82. The van der Waals surface area contributed by atoms with Gasteiger partial charge >= 0.3 is 0 Å². The van der Waals surface area contributed by atoms with Crippen molar-refractivity contribution in [2.45, 2.75) is 38.3 Å². The zero-order chi connectivity index (χ0) is 16.3. The summed E-state index contributed by atoms with van der Waals surface area (Å²) < 4.78 is 1.96. The molecule has 0 N–H and O–H groups in total. The van der Waals surface area contributed by atoms with Crippen LogP contribution in [0.15, 0.2) is 36.7 Å². The average molecular weight is 319 g/mol. The number of aromatic nitrogens is 4. The lowest BCUT2D eigenvalue weighted by Crippen LogP contribution is -2.43. The molecule has 1 fully saturated rings. The van der Waals surface area contributed by atoms with Crippen molar-refractivity contribution in [3.63, 3.8) is 0 Å². The SMILES string of the molecule is Cc1cc2ncc3c(n2n1)C[C@H]1CC[C@@H]3N1C(=O)c1ccccn1. The van der Waals surface area contributed by atoms with Gasteiger partial charge in [0.25, 0.3) is 5.91 Å². The van der Waals surface area contributed by atoms with Crippen LogP contribution in [-0.2, 0) is 6.42 Å². The molecule has 2 bridgehead atoms. The first-order valence-corrected chi connectivity index (χ1v) is 8.30. The number of amides is 1. The highest BCUT2D eigenvalue weighted by molar-refractivity contribution is 5.93. The van der Waals surface area contributed by atoms with E-state index in [-0.39, 0.29) is 18.0 Å². The molecule has 3 aromatic heterocycles. The predicted octanol–water partition coefficient (Wildman–Crippen LogP) is 2.33. The van der Waals surface area contributed by atoms with E-state index in [1.807, 2.05) is 40.7 Å². The van der Waals surface area contributed by atoms with Gasteiger partial charge in [-0.2, -0.15) is 5.10 Å². The number of nitrogens with zero attached hydrogens (tertiary/aromatic N) is 5. The smallest absolute Gasteiger partial charge is 0.273 e. The summed E-state index contributed by atoms with van der Waals surface area (Å²) in [5.41, 5.74) is 4.70. The summed E-state index contributed by atoms with van der Waals surface area (Å²) in [5, 5.41) is 4.59. The largest absolute Gasteiger partial charge is 0.327 e. The molecule has 0 unspecified atom stereocenters. The van der Waals surface area contributed by atoms with Gasteiger partial charge in [0.15, 0.2) is 5.65 Å². The van der Waals surface area contributed by atoms with Gasteiger partial charge < -0.3 is 4.90 Å². The zero-order valence-electron chi connectivity index (χ0n) is 13.4. The summed E-state index contributed by atoms with van der Waals surface area (Å²) in [7, 11) is 0. The van der Waals surface area contributed by atoms with Crippen molar-refractivity contribution < 1.29 is 4.79 Å². The Balaban J connectivity index is 1.61. The lowest BCUT2D eigenvalue weighted by atomic mass is 9.98. The molecule has 6 heteroatoms. The van der Waals surface area contributed by atoms with Crippen molar-refractivity contribution in [3.8, 4) is 0 Å². The second kappa shape index (κ2) is 4.87. The van der Waals surface area contributed by atoms with Gasteiger partial charge in [-0.05, 0) is 31.9 Å². The fourth-order valence-corrected chi connectivity index (χ4v) is 4.13. The number of aryl methyl sites for hydroxylation is 1. The van der Waals surface area contributed by atoms with Crippen LogP contribution in [-0.4, -0.2) is 36.4 Å². The molecule has 24 heavy (non-hydrogen) atoms. The summed E-state index contributed by atoms with van der Waals surface area (Å²) in [6.45, 7) is 1.98. The van der Waals surface area contributed by atoms with Crippen LogP contribution < -0.4 is 0 Å². The number of rotatable bonds is 1. The Hall–Kier alpha value is -2.76. The number of fused-ring (bicyclic) bond motifs is 6. The maximum atomic E-state index is 13.0. The van der Waals surface area contributed by atoms with E-state index in [1.165, 1.54) is 5.69 Å². The molecule has 0 aromatic carbocycles. The number of hydrogen-bond donors (Lipinski definition) is 0. The minimum absolute atomic E-state index is 0.0190. The van der Waals surface area contributed by atoms with Gasteiger partial charge in [0.2, 0.25) is 0 Å². The quantitative estimate of drug-likeness (QED) is 0.690. The van der Waals surface area contributed by atoms with E-state index < -0.39 is 0 Å². The molecule has 0 aliphatic carbocycles. The van der Waals surface area contributed by atoms with E-state index in [2.05, 4.69) is 15.1 Å². The Morgan fingerprint density at radius 3 is 3.00 bits per heavy atom. The summed E-state index contributed by atoms with van der Waals surface area (Å²) in [6, 6.07) is 7.76. The molecule has 5 heterocycles. The maximum absolute atomic E-state index is 13.0. The highest BCUT2D eigenvalue weighted by Crippen LogP contribution is 2.44. The average Bonchev–Trinajstić information content (AvgIpc) is 3.14. The van der Waals surface area contributed by atoms with E-state index in [9.17, 15) is 4.79 Å². The van der Waals surface area contributed by atoms with Gasteiger partial charge in [0, 0.05) is 36.5 Å². The molecule has 0 saturated carbocycles. The topological polar surface area (TPSA) is 63.4 Å². The van der Waals surface area contributed by atoms with E-state index >= 15 is 0 Å². The van der Waals surface area contributed by atoms with E-state index in [0.29, 0.717) is 5.69 Å². The van der Waals surface area contributed by atoms with Crippen LogP contribution in [0, 0.1) is 6.92 Å². The second-order valence-electron chi connectivity index (χ2n) is 6.59. The van der Waals surface area contributed by atoms with E-state index in [0.717, 1.165) is 36.2 Å². The van der Waals surface area contributed by atoms with Crippen molar-refractivity contribution in [1.29, 1.82) is 0 Å². The van der Waals surface area contributed by atoms with Gasteiger partial charge in [-0.1, -0.05) is 6.07 Å². The van der Waals surface area contributed by atoms with Crippen molar-refractivity contribution >= 4 is 11.6 Å². The Kier molecular flexibility index (Phi) is 2.77. The number of hydrogen-bond acceptors (Lipinski definition) is 4. The Morgan fingerprint density at radius 1 is 1.25 bits per heavy atom. The molecule has 120 valence electrons. The van der Waals surface area contributed by atoms with Crippen LogP contribution in [0.3, 0.4) is 0 Å². The highest BCUT2D eigenvalue weighted by atomic mass is 16.2. The second-order valence-corrected chi connectivity index (χ2v) is 6.59. The number of carbonyl (C=O) groups excluding carboxylic acids is 1. The van der Waals surface area contributed by atoms with Crippen LogP contribution in [0.4, 0.5) is 0 Å². The minimum Gasteiger partial charge on any atom is -0.327 e. The van der Waals surface area contributed by atoms with Gasteiger partial charge in [-0.3, -0.25) is 9.78 Å². The number of carbonyl (C=O) groups is 1. The Bertz CT molecular complexity index is 949. The van der Waals surface area contributed by atoms with Crippen molar-refractivity contribution in [3.05, 3.63) is 59.3 Å². The number of pyridine rings is 1. The molecule has 6 nitrogen and oxygen atoms in total. The third-order valence-corrected chi connectivity index (χ3v) is 5.15. The molecule has 0 spiro atoms. The summed E-state index contributed by atoms with van der Waals surface area (Å²) >= 11 is 0. The van der Waals surface area contributed by atoms with Crippen LogP contribution in [0.25, 0.3) is 5.65 Å². The monoisotopic (exact) mass is 319 g/mol. The normalized spacial score (nSPS) is 22.0. The summed E-state index contributed by atoms with van der Waals surface area (Å²) in [6.07, 6.45) is 6.41. The van der Waals surface area contributed by atoms with Crippen LogP contribution in [0.1, 0.15) is 46.3 Å². The van der Waals surface area contributed by atoms with Crippen molar-refractivity contribution in [2.24, 2.45) is 0 Å². The Labute approximate surface area is 139 Å². The maximum Gasteiger partial charge on any atom is 0.273 e. The molecule has 3 aromatic rings. The van der Waals surface area contributed by atoms with Crippen LogP contribution in [0.5, 0.6) is 0 Å². The predicted molar refractivity (Wildman–Crippen MR) is 87.6 cm³/mol. The molecule has 0 radical (unpaired) electrons. The lowest BCUT2D eigenvalue weighted by molar-refractivity contribution is 0.0636. The van der Waals surface area contributed by atoms with E-state index in [4.69, 9.17) is 0 Å². The third-order valence-electron chi connectivity index (χ3n) is 5.15. The molecule has 2 aliphatic heterocycles. The molecule has 1 saturated heterocycles. The van der Waals surface area contributed by atoms with Gasteiger partial charge in [-0.15, -0.1) is 0 Å². The fraction of sp³-hybridized carbons (Fsp3) is 0.333. The van der Waals surface area contributed by atoms with Gasteiger partial charge in [0.05, 0.1) is 17.4 Å². The molecule has 2 aliphatic rings. The molecular weight excluding hydrogens is 302 g/mol. The van der Waals surface area contributed by atoms with E-state index in [1.54, 1.807) is 12.3 Å². The van der Waals surface area contributed by atoms with Gasteiger partial charge in [0.1, 0.15) is 5.69 Å². The standard InChI is InChI=1S/C18H17N5O/c1-11-8-17-20-10-13-15-6-5-12(9-16(13)23(17)21-11)22(15)18(24)14-4-2-3-7-19-14/h2-4,7-8,10,12,15H,5-6,9H2,1H3/t12-,15+/m1/s1. The van der Waals surface area contributed by atoms with Crippen LogP contribution >= 0.6 is 0 Å². The summed E-state index contributed by atoms with van der Waals surface area (Å²) in [4.78, 5) is 23.7. The first kappa shape index (κ1) is 13.7. The Morgan fingerprint density at radius 2 is 2.17 bits per heavy atom. The molecule has 1 amide bonds. The highest BCUT2D eigenvalue weighted by Gasteiger charge is 2.44. The van der Waals surface area contributed by atoms with Crippen molar-refractivity contribution in [1.82, 2.24) is 24.5 Å². The summed E-state index contributed by atoms with van der Waals surface area (Å²) in [5.74, 6) is 0.0190.